The average Bonchev–Trinajstić information content (AvgIpc) is 2.85. The molecule has 0 amide bonds. The van der Waals surface area contributed by atoms with Crippen molar-refractivity contribution >= 4 is 17.0 Å². The van der Waals surface area contributed by atoms with E-state index in [0.717, 1.165) is 24.0 Å². The van der Waals surface area contributed by atoms with Gasteiger partial charge in [0.15, 0.2) is 0 Å². The van der Waals surface area contributed by atoms with Gasteiger partial charge in [-0.05, 0) is 32.0 Å². The third-order valence-electron chi connectivity index (χ3n) is 4.47. The molecule has 6 nitrogen and oxygen atoms in total. The Hall–Kier alpha value is -2.08. The number of hydrogen-bond acceptors (Lipinski definition) is 4. The number of para-hydroxylation sites is 2. The minimum absolute atomic E-state index is 0.0514. The van der Waals surface area contributed by atoms with Crippen LogP contribution in [-0.2, 0) is 16.1 Å². The van der Waals surface area contributed by atoms with Crippen LogP contribution in [0.1, 0.15) is 19.4 Å². The Balaban J connectivity index is 2.18. The fourth-order valence-electron chi connectivity index (χ4n) is 3.40. The summed E-state index contributed by atoms with van der Waals surface area (Å²) in [6, 6.07) is 7.58. The average molecular weight is 303 g/mol. The quantitative estimate of drug-likeness (QED) is 0.864. The van der Waals surface area contributed by atoms with Crippen LogP contribution in [0.25, 0.3) is 11.0 Å². The monoisotopic (exact) mass is 303 g/mol. The number of ether oxygens (including phenoxy) is 1. The summed E-state index contributed by atoms with van der Waals surface area (Å²) >= 11 is 0. The first kappa shape index (κ1) is 14.8. The van der Waals surface area contributed by atoms with E-state index in [-0.39, 0.29) is 23.6 Å². The van der Waals surface area contributed by atoms with Crippen molar-refractivity contribution in [3.05, 3.63) is 34.7 Å². The lowest BCUT2D eigenvalue weighted by molar-refractivity contribution is -0.147. The maximum Gasteiger partial charge on any atom is 0.329 e. The number of aryl methyl sites for hydroxylation is 1. The predicted octanol–water partition coefficient (Wildman–Crippen LogP) is 1.15. The fraction of sp³-hybridized carbons (Fsp3) is 0.500. The number of nitrogens with zero attached hydrogens (tertiary/aromatic N) is 2. The van der Waals surface area contributed by atoms with Crippen molar-refractivity contribution in [1.29, 1.82) is 0 Å². The van der Waals surface area contributed by atoms with Crippen LogP contribution in [0.3, 0.4) is 0 Å². The highest BCUT2D eigenvalue weighted by molar-refractivity contribution is 5.77. The number of methoxy groups -OCH3 is 1. The first-order valence-electron chi connectivity index (χ1n) is 7.67. The Morgan fingerprint density at radius 2 is 2.09 bits per heavy atom. The Bertz CT molecular complexity index is 747. The standard InChI is InChI=1S/C16H21N3O3/c1-3-18-13-6-4-5-7-14(13)19(16(18)21)12-8-9-17-10-11(12)15(20)22-2/h4-7,11-12,17H,3,8-10H2,1-2H3/t11-,12-/m1/s1. The molecule has 2 aromatic rings. The Morgan fingerprint density at radius 1 is 1.36 bits per heavy atom. The van der Waals surface area contributed by atoms with E-state index in [1.165, 1.54) is 7.11 Å². The highest BCUT2D eigenvalue weighted by Crippen LogP contribution is 2.28. The minimum Gasteiger partial charge on any atom is -0.469 e. The van der Waals surface area contributed by atoms with Crippen molar-refractivity contribution in [2.45, 2.75) is 25.9 Å². The number of rotatable bonds is 3. The van der Waals surface area contributed by atoms with Gasteiger partial charge in [0.2, 0.25) is 0 Å². The van der Waals surface area contributed by atoms with Crippen molar-refractivity contribution in [2.75, 3.05) is 20.2 Å². The summed E-state index contributed by atoms with van der Waals surface area (Å²) in [5.41, 5.74) is 1.75. The number of nitrogens with one attached hydrogen (secondary N) is 1. The largest absolute Gasteiger partial charge is 0.469 e. The van der Waals surface area contributed by atoms with E-state index in [0.29, 0.717) is 13.1 Å². The van der Waals surface area contributed by atoms with Crippen molar-refractivity contribution in [3.8, 4) is 0 Å². The van der Waals surface area contributed by atoms with Gasteiger partial charge in [-0.25, -0.2) is 4.79 Å². The SMILES string of the molecule is CCn1c(=O)n([C@@H]2CCNC[C@H]2C(=O)OC)c2ccccc21. The number of carbonyl (C=O) groups excluding carboxylic acids is 1. The Labute approximate surface area is 128 Å². The number of imidazole rings is 1. The molecule has 0 radical (unpaired) electrons. The highest BCUT2D eigenvalue weighted by Gasteiger charge is 2.35. The minimum atomic E-state index is -0.340. The van der Waals surface area contributed by atoms with E-state index in [1.54, 1.807) is 9.13 Å². The zero-order chi connectivity index (χ0) is 15.7. The number of piperidine rings is 1. The second-order valence-electron chi connectivity index (χ2n) is 5.58. The molecule has 0 aliphatic carbocycles. The number of esters is 1. The maximum atomic E-state index is 12.8. The Morgan fingerprint density at radius 3 is 2.77 bits per heavy atom. The van der Waals surface area contributed by atoms with Gasteiger partial charge >= 0.3 is 11.7 Å². The van der Waals surface area contributed by atoms with Gasteiger partial charge in [-0.15, -0.1) is 0 Å². The topological polar surface area (TPSA) is 65.3 Å². The molecular formula is C16H21N3O3. The zero-order valence-corrected chi connectivity index (χ0v) is 12.9. The molecule has 1 fully saturated rings. The molecular weight excluding hydrogens is 282 g/mol. The molecule has 0 spiro atoms. The molecule has 0 unspecified atom stereocenters. The lowest BCUT2D eigenvalue weighted by Crippen LogP contribution is -2.45. The van der Waals surface area contributed by atoms with E-state index < -0.39 is 0 Å². The van der Waals surface area contributed by atoms with Crippen LogP contribution in [0.15, 0.2) is 29.1 Å². The van der Waals surface area contributed by atoms with E-state index in [4.69, 9.17) is 4.74 Å². The molecule has 22 heavy (non-hydrogen) atoms. The molecule has 1 N–H and O–H groups in total. The molecule has 6 heteroatoms. The third-order valence-corrected chi connectivity index (χ3v) is 4.47. The summed E-state index contributed by atoms with van der Waals surface area (Å²) in [5.74, 6) is -0.606. The van der Waals surface area contributed by atoms with Gasteiger partial charge < -0.3 is 10.1 Å². The normalized spacial score (nSPS) is 21.9. The molecule has 1 aromatic heterocycles. The van der Waals surface area contributed by atoms with Crippen molar-refractivity contribution in [2.24, 2.45) is 5.92 Å². The molecule has 1 aliphatic rings. The number of carbonyl (C=O) groups is 1. The Kier molecular flexibility index (Phi) is 4.02. The van der Waals surface area contributed by atoms with E-state index >= 15 is 0 Å². The summed E-state index contributed by atoms with van der Waals surface area (Å²) in [6.07, 6.45) is 0.734. The second kappa shape index (κ2) is 5.96. The van der Waals surface area contributed by atoms with Gasteiger partial charge in [-0.1, -0.05) is 12.1 Å². The molecule has 2 atom stereocenters. The van der Waals surface area contributed by atoms with E-state index in [9.17, 15) is 9.59 Å². The molecule has 3 rings (SSSR count). The van der Waals surface area contributed by atoms with Crippen LogP contribution in [0, 0.1) is 5.92 Å². The second-order valence-corrected chi connectivity index (χ2v) is 5.58. The molecule has 2 heterocycles. The van der Waals surface area contributed by atoms with Crippen molar-refractivity contribution < 1.29 is 9.53 Å². The fourth-order valence-corrected chi connectivity index (χ4v) is 3.40. The van der Waals surface area contributed by atoms with Crippen LogP contribution in [0.2, 0.25) is 0 Å². The highest BCUT2D eigenvalue weighted by atomic mass is 16.5. The van der Waals surface area contributed by atoms with Gasteiger partial charge in [0.05, 0.1) is 30.1 Å². The number of fused-ring (bicyclic) bond motifs is 1. The summed E-state index contributed by atoms with van der Waals surface area (Å²) in [6.45, 7) is 3.89. The van der Waals surface area contributed by atoms with Gasteiger partial charge in [0.25, 0.3) is 0 Å². The first-order chi connectivity index (χ1) is 10.7. The third kappa shape index (κ3) is 2.23. The molecule has 118 valence electrons. The summed E-state index contributed by atoms with van der Waals surface area (Å²) in [4.78, 5) is 24.9. The van der Waals surface area contributed by atoms with Crippen LogP contribution in [0.5, 0.6) is 0 Å². The lowest BCUT2D eigenvalue weighted by atomic mass is 9.93. The summed E-state index contributed by atoms with van der Waals surface area (Å²) in [5, 5.41) is 3.22. The summed E-state index contributed by atoms with van der Waals surface area (Å²) in [7, 11) is 1.39. The van der Waals surface area contributed by atoms with Gasteiger partial charge in [0, 0.05) is 13.1 Å². The van der Waals surface area contributed by atoms with Gasteiger partial charge in [0.1, 0.15) is 0 Å². The molecule has 1 saturated heterocycles. The molecule has 0 bridgehead atoms. The molecule has 0 saturated carbocycles. The predicted molar refractivity (Wildman–Crippen MR) is 83.9 cm³/mol. The van der Waals surface area contributed by atoms with Crippen molar-refractivity contribution in [1.82, 2.24) is 14.5 Å². The van der Waals surface area contributed by atoms with Crippen LogP contribution in [-0.4, -0.2) is 35.3 Å². The van der Waals surface area contributed by atoms with Gasteiger partial charge in [-0.2, -0.15) is 0 Å². The maximum absolute atomic E-state index is 12.8. The smallest absolute Gasteiger partial charge is 0.329 e. The first-order valence-corrected chi connectivity index (χ1v) is 7.67. The van der Waals surface area contributed by atoms with Gasteiger partial charge in [-0.3, -0.25) is 13.9 Å². The van der Waals surface area contributed by atoms with Crippen LogP contribution < -0.4 is 11.0 Å². The van der Waals surface area contributed by atoms with E-state index in [2.05, 4.69) is 5.32 Å². The number of benzene rings is 1. The van der Waals surface area contributed by atoms with E-state index in [1.807, 2.05) is 31.2 Å². The molecule has 1 aromatic carbocycles. The van der Waals surface area contributed by atoms with Crippen molar-refractivity contribution in [3.63, 3.8) is 0 Å². The number of aromatic nitrogens is 2. The number of hydrogen-bond donors (Lipinski definition) is 1. The van der Waals surface area contributed by atoms with Crippen LogP contribution >= 0.6 is 0 Å². The summed E-state index contributed by atoms with van der Waals surface area (Å²) < 4.78 is 8.46. The zero-order valence-electron chi connectivity index (χ0n) is 12.9. The van der Waals surface area contributed by atoms with Crippen LogP contribution in [0.4, 0.5) is 0 Å². The molecule has 1 aliphatic heterocycles. The lowest BCUT2D eigenvalue weighted by Gasteiger charge is -2.31.